The van der Waals surface area contributed by atoms with Crippen molar-refractivity contribution in [2.24, 2.45) is 5.16 Å². The Hall–Kier alpha value is -1.97. The first kappa shape index (κ1) is 17.4. The Bertz CT molecular complexity index is 778. The fourth-order valence-corrected chi connectivity index (χ4v) is 1.55. The second kappa shape index (κ2) is 7.53. The minimum absolute atomic E-state index is 0.194. The molecule has 0 aromatic carbocycles. The summed E-state index contributed by atoms with van der Waals surface area (Å²) in [4.78, 5) is 17.2. The molecule has 2 aromatic rings. The predicted molar refractivity (Wildman–Crippen MR) is 81.4 cm³/mol. The Morgan fingerprint density at radius 1 is 1.43 bits per heavy atom. The van der Waals surface area contributed by atoms with E-state index in [1.165, 1.54) is 4.80 Å². The third-order valence-corrected chi connectivity index (χ3v) is 3.23. The average Bonchev–Trinajstić information content (AvgIpc) is 3.12. The molecule has 2 aromatic heterocycles. The van der Waals surface area contributed by atoms with Gasteiger partial charge in [0, 0.05) is 6.07 Å². The number of tetrazole rings is 1. The lowest BCUT2D eigenvalue weighted by Crippen LogP contribution is -2.06. The van der Waals surface area contributed by atoms with Crippen LogP contribution in [0.15, 0.2) is 25.3 Å². The van der Waals surface area contributed by atoms with Crippen molar-refractivity contribution in [3.05, 3.63) is 27.2 Å². The van der Waals surface area contributed by atoms with E-state index in [-0.39, 0.29) is 6.42 Å². The van der Waals surface area contributed by atoms with Gasteiger partial charge in [-0.1, -0.05) is 45.1 Å². The number of rotatable bonds is 5. The first-order valence-electron chi connectivity index (χ1n) is 6.05. The summed E-state index contributed by atoms with van der Waals surface area (Å²) in [6.07, 6.45) is 0.194. The molecular formula is C11H9Cl3N6O3. The van der Waals surface area contributed by atoms with Gasteiger partial charge in [-0.25, -0.2) is 4.79 Å². The van der Waals surface area contributed by atoms with E-state index < -0.39 is 15.5 Å². The van der Waals surface area contributed by atoms with Crippen molar-refractivity contribution in [2.75, 3.05) is 0 Å². The zero-order chi connectivity index (χ0) is 17.0. The van der Waals surface area contributed by atoms with E-state index in [1.54, 1.807) is 19.9 Å². The maximum absolute atomic E-state index is 11.4. The molecule has 122 valence electrons. The van der Waals surface area contributed by atoms with Crippen LogP contribution in [0, 0.1) is 6.92 Å². The Kier molecular flexibility index (Phi) is 5.69. The van der Waals surface area contributed by atoms with Gasteiger partial charge in [0.05, 0.1) is 12.1 Å². The van der Waals surface area contributed by atoms with Crippen LogP contribution in [0.2, 0.25) is 0 Å². The summed E-state index contributed by atoms with van der Waals surface area (Å²) in [5.74, 6) is 0.392. The van der Waals surface area contributed by atoms with Crippen LogP contribution < -0.4 is 0 Å². The van der Waals surface area contributed by atoms with Crippen molar-refractivity contribution in [3.8, 4) is 5.82 Å². The lowest BCUT2D eigenvalue weighted by atomic mass is 10.3. The second-order valence-electron chi connectivity index (χ2n) is 4.25. The highest BCUT2D eigenvalue weighted by Gasteiger charge is 2.14. The van der Waals surface area contributed by atoms with Gasteiger partial charge < -0.3 is 9.36 Å². The average molecular weight is 380 g/mol. The molecule has 0 radical (unpaired) electrons. The number of carbonyl (C=O) groups is 1. The molecule has 23 heavy (non-hydrogen) atoms. The highest BCUT2D eigenvalue weighted by atomic mass is 35.5. The summed E-state index contributed by atoms with van der Waals surface area (Å²) < 4.78 is 4.51. The van der Waals surface area contributed by atoms with Crippen molar-refractivity contribution in [2.45, 2.75) is 20.3 Å². The first-order valence-corrected chi connectivity index (χ1v) is 7.18. The van der Waals surface area contributed by atoms with Crippen LogP contribution >= 0.6 is 34.8 Å². The predicted octanol–water partition coefficient (Wildman–Crippen LogP) is 2.31. The molecule has 0 atom stereocenters. The topological polar surface area (TPSA) is 108 Å². The number of oxime groups is 1. The molecule has 9 nitrogen and oxygen atoms in total. The molecule has 0 aliphatic rings. The molecule has 0 spiro atoms. The summed E-state index contributed by atoms with van der Waals surface area (Å²) in [5, 5.41) is 18.6. The molecule has 0 bridgehead atoms. The first-order chi connectivity index (χ1) is 10.9. The number of hydrogen-bond donors (Lipinski definition) is 0. The van der Waals surface area contributed by atoms with Crippen LogP contribution in [-0.2, 0) is 16.1 Å². The van der Waals surface area contributed by atoms with E-state index >= 15 is 0 Å². The lowest BCUT2D eigenvalue weighted by molar-refractivity contribution is -0.138. The number of nitrogens with zero attached hydrogens (tertiary/aromatic N) is 6. The van der Waals surface area contributed by atoms with Gasteiger partial charge in [0.1, 0.15) is 10.3 Å². The molecule has 0 saturated carbocycles. The summed E-state index contributed by atoms with van der Waals surface area (Å²) in [6.45, 7) is 3.35. The van der Waals surface area contributed by atoms with Gasteiger partial charge >= 0.3 is 5.97 Å². The quantitative estimate of drug-likeness (QED) is 0.339. The molecule has 0 unspecified atom stereocenters. The highest BCUT2D eigenvalue weighted by Crippen LogP contribution is 2.18. The third kappa shape index (κ3) is 4.75. The zero-order valence-electron chi connectivity index (χ0n) is 11.8. The molecule has 0 N–H and O–H groups in total. The van der Waals surface area contributed by atoms with Crippen molar-refractivity contribution < 1.29 is 14.2 Å². The fraction of sp³-hybridized carbons (Fsp3) is 0.273. The van der Waals surface area contributed by atoms with Crippen LogP contribution in [0.5, 0.6) is 0 Å². The number of aromatic nitrogens is 5. The molecule has 0 saturated heterocycles. The van der Waals surface area contributed by atoms with Crippen LogP contribution in [-0.4, -0.2) is 37.0 Å². The summed E-state index contributed by atoms with van der Waals surface area (Å²) >= 11 is 16.2. The van der Waals surface area contributed by atoms with Gasteiger partial charge in [-0.2, -0.15) is 0 Å². The lowest BCUT2D eigenvalue weighted by Gasteiger charge is -1.98. The van der Waals surface area contributed by atoms with Crippen LogP contribution in [0.25, 0.3) is 5.82 Å². The van der Waals surface area contributed by atoms with Gasteiger partial charge in [0.2, 0.25) is 5.82 Å². The normalized spacial score (nSPS) is 11.4. The second-order valence-corrected chi connectivity index (χ2v) is 5.57. The standard InChI is InChI=1S/C11H9Cl3N6O3/c1-5(17-23-11(21)9(12)10(13)14)3-7-15-19-20(16-7)8-4-6(2)22-18-8/h4H,3H2,1-2H3. The number of hydrogen-bond acceptors (Lipinski definition) is 8. The van der Waals surface area contributed by atoms with Gasteiger partial charge in [-0.15, -0.1) is 15.0 Å². The zero-order valence-corrected chi connectivity index (χ0v) is 14.1. The summed E-state index contributed by atoms with van der Waals surface area (Å²) in [7, 11) is 0. The molecule has 2 heterocycles. The maximum atomic E-state index is 11.4. The van der Waals surface area contributed by atoms with E-state index in [0.29, 0.717) is 23.1 Å². The van der Waals surface area contributed by atoms with E-state index in [0.717, 1.165) is 0 Å². The van der Waals surface area contributed by atoms with Gasteiger partial charge in [-0.3, -0.25) is 0 Å². The summed E-state index contributed by atoms with van der Waals surface area (Å²) in [6, 6.07) is 1.65. The monoisotopic (exact) mass is 378 g/mol. The Balaban J connectivity index is 1.99. The largest absolute Gasteiger partial charge is 0.379 e. The Labute approximate surface area is 144 Å². The molecule has 2 rings (SSSR count). The third-order valence-electron chi connectivity index (χ3n) is 2.32. The van der Waals surface area contributed by atoms with E-state index in [4.69, 9.17) is 39.3 Å². The highest BCUT2D eigenvalue weighted by molar-refractivity contribution is 6.62. The number of aryl methyl sites for hydroxylation is 1. The molecule has 0 aliphatic heterocycles. The SMILES string of the molecule is CC(Cc1nnn(-c2cc(C)on2)n1)=NOC(=O)C(Cl)=C(Cl)Cl. The van der Waals surface area contributed by atoms with E-state index in [2.05, 4.69) is 30.6 Å². The molecule has 0 aliphatic carbocycles. The van der Waals surface area contributed by atoms with Crippen LogP contribution in [0.4, 0.5) is 0 Å². The number of halogens is 3. The van der Waals surface area contributed by atoms with Crippen LogP contribution in [0.3, 0.4) is 0 Å². The van der Waals surface area contributed by atoms with Crippen molar-refractivity contribution in [1.82, 2.24) is 25.4 Å². The van der Waals surface area contributed by atoms with Crippen LogP contribution in [0.1, 0.15) is 18.5 Å². The molecule has 0 fully saturated rings. The Morgan fingerprint density at radius 2 is 2.17 bits per heavy atom. The fourth-order valence-electron chi connectivity index (χ4n) is 1.36. The maximum Gasteiger partial charge on any atom is 0.379 e. The molecule has 0 amide bonds. The van der Waals surface area contributed by atoms with Gasteiger partial charge in [0.25, 0.3) is 0 Å². The smallest absolute Gasteiger partial charge is 0.359 e. The van der Waals surface area contributed by atoms with E-state index in [1.807, 2.05) is 0 Å². The number of carbonyl (C=O) groups excluding carboxylic acids is 1. The minimum Gasteiger partial charge on any atom is -0.359 e. The minimum atomic E-state index is -0.972. The molecule has 12 heteroatoms. The van der Waals surface area contributed by atoms with Crippen molar-refractivity contribution in [1.29, 1.82) is 0 Å². The van der Waals surface area contributed by atoms with Gasteiger partial charge in [-0.05, 0) is 19.1 Å². The van der Waals surface area contributed by atoms with Gasteiger partial charge in [0.15, 0.2) is 10.9 Å². The Morgan fingerprint density at radius 3 is 2.78 bits per heavy atom. The molecular weight excluding hydrogens is 371 g/mol. The summed E-state index contributed by atoms with van der Waals surface area (Å²) in [5.41, 5.74) is 0.407. The van der Waals surface area contributed by atoms with E-state index in [9.17, 15) is 4.79 Å². The van der Waals surface area contributed by atoms with Crippen molar-refractivity contribution in [3.63, 3.8) is 0 Å². The van der Waals surface area contributed by atoms with Crippen molar-refractivity contribution >= 4 is 46.5 Å².